The quantitative estimate of drug-likeness (QED) is 0.595. The maximum Gasteiger partial charge on any atom is 0.165 e. The van der Waals surface area contributed by atoms with Gasteiger partial charge in [0.25, 0.3) is 0 Å². The number of hydrogen-bond acceptors (Lipinski definition) is 4. The largest absolute Gasteiger partial charge is 0.371 e. The summed E-state index contributed by atoms with van der Waals surface area (Å²) in [5.74, 6) is 1.03. The number of nitrogens with zero attached hydrogens (tertiary/aromatic N) is 3. The molecule has 4 rings (SSSR count). The third-order valence-corrected chi connectivity index (χ3v) is 7.68. The van der Waals surface area contributed by atoms with Crippen LogP contribution in [0.25, 0.3) is 0 Å². The molecule has 162 valence electrons. The Bertz CT molecular complexity index is 845. The van der Waals surface area contributed by atoms with E-state index in [1.807, 2.05) is 17.8 Å². The van der Waals surface area contributed by atoms with Crippen LogP contribution in [-0.2, 0) is 17.6 Å². The zero-order valence-electron chi connectivity index (χ0n) is 18.9. The van der Waals surface area contributed by atoms with Crippen molar-refractivity contribution >= 4 is 22.6 Å². The number of amidine groups is 1. The Labute approximate surface area is 186 Å². The first-order chi connectivity index (χ1) is 14.4. The Morgan fingerprint density at radius 1 is 1.13 bits per heavy atom. The first-order valence-electron chi connectivity index (χ1n) is 11.6. The highest BCUT2D eigenvalue weighted by Crippen LogP contribution is 2.39. The van der Waals surface area contributed by atoms with E-state index in [4.69, 9.17) is 9.73 Å². The van der Waals surface area contributed by atoms with Crippen molar-refractivity contribution in [2.24, 2.45) is 4.99 Å². The summed E-state index contributed by atoms with van der Waals surface area (Å²) < 4.78 is 6.38. The smallest absolute Gasteiger partial charge is 0.165 e. The summed E-state index contributed by atoms with van der Waals surface area (Å²) >= 11 is 1.89. The minimum Gasteiger partial charge on any atom is -0.371 e. The summed E-state index contributed by atoms with van der Waals surface area (Å²) in [6.45, 7) is 8.65. The van der Waals surface area contributed by atoms with Crippen LogP contribution in [0.4, 0.5) is 5.69 Å². The molecule has 0 unspecified atom stereocenters. The summed E-state index contributed by atoms with van der Waals surface area (Å²) in [6.07, 6.45) is 9.72. The molecule has 1 aromatic carbocycles. The number of hydrogen-bond donors (Lipinski definition) is 0. The molecule has 3 aliphatic rings. The molecule has 1 saturated carbocycles. The fourth-order valence-corrected chi connectivity index (χ4v) is 6.66. The van der Waals surface area contributed by atoms with Crippen molar-refractivity contribution in [3.63, 3.8) is 0 Å². The van der Waals surface area contributed by atoms with Gasteiger partial charge in [-0.05, 0) is 89.5 Å². The third-order valence-electron chi connectivity index (χ3n) is 6.61. The molecule has 1 saturated heterocycles. The maximum atomic E-state index is 9.53. The van der Waals surface area contributed by atoms with Gasteiger partial charge < -0.3 is 9.64 Å². The lowest BCUT2D eigenvalue weighted by Gasteiger charge is -2.37. The molecule has 0 bridgehead atoms. The molecule has 30 heavy (non-hydrogen) atoms. The summed E-state index contributed by atoms with van der Waals surface area (Å²) in [4.78, 5) is 7.84. The number of fused-ring (bicyclic) bond motifs is 1. The van der Waals surface area contributed by atoms with Crippen molar-refractivity contribution in [2.45, 2.75) is 103 Å². The molecule has 5 heteroatoms. The van der Waals surface area contributed by atoms with Crippen molar-refractivity contribution in [1.29, 1.82) is 5.26 Å². The SMILES string of the molecule is C[C@@H](OC(C)(C)C)[C@H]1CSC(=Nc2ccc(C#N)c3c2CCCC3)N1C1CCCC1. The Balaban J connectivity index is 1.67. The van der Waals surface area contributed by atoms with Crippen molar-refractivity contribution in [3.05, 3.63) is 28.8 Å². The van der Waals surface area contributed by atoms with Crippen LogP contribution in [0.1, 0.15) is 82.9 Å². The molecule has 2 fully saturated rings. The molecule has 0 spiro atoms. The molecule has 0 aromatic heterocycles. The molecule has 1 aliphatic heterocycles. The van der Waals surface area contributed by atoms with E-state index in [1.165, 1.54) is 49.7 Å². The minimum atomic E-state index is -0.141. The van der Waals surface area contributed by atoms with E-state index in [9.17, 15) is 5.26 Å². The first-order valence-corrected chi connectivity index (χ1v) is 12.6. The van der Waals surface area contributed by atoms with Gasteiger partial charge in [-0.15, -0.1) is 0 Å². The van der Waals surface area contributed by atoms with Gasteiger partial charge >= 0.3 is 0 Å². The summed E-state index contributed by atoms with van der Waals surface area (Å²) in [5, 5.41) is 10.7. The second kappa shape index (κ2) is 8.93. The van der Waals surface area contributed by atoms with Crippen molar-refractivity contribution in [3.8, 4) is 6.07 Å². The summed E-state index contributed by atoms with van der Waals surface area (Å²) in [7, 11) is 0. The highest BCUT2D eigenvalue weighted by Gasteiger charge is 2.41. The Morgan fingerprint density at radius 3 is 2.50 bits per heavy atom. The second-order valence-electron chi connectivity index (χ2n) is 9.96. The van der Waals surface area contributed by atoms with Crippen LogP contribution >= 0.6 is 11.8 Å². The van der Waals surface area contributed by atoms with Crippen LogP contribution in [0.3, 0.4) is 0 Å². The number of rotatable bonds is 4. The standard InChI is InChI=1S/C25H35N3OS/c1-17(29-25(2,3)4)23-16-30-24(28(23)19-9-5-6-10-19)27-22-14-13-18(15-26)20-11-7-8-12-21(20)22/h13-14,17,19,23H,5-12,16H2,1-4H3/t17-,23-/m1/s1. The molecule has 1 aromatic rings. The number of nitriles is 1. The van der Waals surface area contributed by atoms with Gasteiger partial charge in [-0.2, -0.15) is 5.26 Å². The zero-order valence-corrected chi connectivity index (χ0v) is 19.7. The molecule has 0 radical (unpaired) electrons. The van der Waals surface area contributed by atoms with Crippen LogP contribution in [-0.4, -0.2) is 39.6 Å². The van der Waals surface area contributed by atoms with Gasteiger partial charge in [-0.25, -0.2) is 4.99 Å². The van der Waals surface area contributed by atoms with Gasteiger partial charge in [0.05, 0.1) is 35.1 Å². The number of thioether (sulfide) groups is 1. The molecule has 2 aliphatic carbocycles. The molecule has 0 N–H and O–H groups in total. The van der Waals surface area contributed by atoms with Crippen LogP contribution in [0, 0.1) is 11.3 Å². The van der Waals surface area contributed by atoms with Gasteiger partial charge in [-0.3, -0.25) is 0 Å². The predicted octanol–water partition coefficient (Wildman–Crippen LogP) is 5.99. The minimum absolute atomic E-state index is 0.141. The number of aliphatic imine (C=N–C) groups is 1. The molecular formula is C25H35N3OS. The average molecular weight is 426 g/mol. The molecular weight excluding hydrogens is 390 g/mol. The van der Waals surface area contributed by atoms with E-state index < -0.39 is 0 Å². The first kappa shape index (κ1) is 21.7. The monoisotopic (exact) mass is 425 g/mol. The second-order valence-corrected chi connectivity index (χ2v) is 10.9. The van der Waals surface area contributed by atoms with E-state index in [0.717, 1.165) is 35.0 Å². The number of ether oxygens (including phenoxy) is 1. The van der Waals surface area contributed by atoms with E-state index in [0.29, 0.717) is 12.1 Å². The van der Waals surface area contributed by atoms with Crippen LogP contribution in [0.2, 0.25) is 0 Å². The van der Waals surface area contributed by atoms with Crippen LogP contribution in [0.5, 0.6) is 0 Å². The molecule has 1 heterocycles. The topological polar surface area (TPSA) is 48.6 Å². The lowest BCUT2D eigenvalue weighted by atomic mass is 9.87. The number of benzene rings is 1. The summed E-state index contributed by atoms with van der Waals surface area (Å²) in [5.41, 5.74) is 4.33. The predicted molar refractivity (Wildman–Crippen MR) is 126 cm³/mol. The van der Waals surface area contributed by atoms with E-state index >= 15 is 0 Å². The van der Waals surface area contributed by atoms with Gasteiger partial charge in [0.2, 0.25) is 0 Å². The highest BCUT2D eigenvalue weighted by molar-refractivity contribution is 8.14. The molecule has 0 amide bonds. The van der Waals surface area contributed by atoms with Gasteiger partial charge in [0.1, 0.15) is 0 Å². The van der Waals surface area contributed by atoms with Crippen molar-refractivity contribution < 1.29 is 4.74 Å². The Hall–Kier alpha value is -1.51. The lowest BCUT2D eigenvalue weighted by Crippen LogP contribution is -2.48. The van der Waals surface area contributed by atoms with Crippen LogP contribution in [0.15, 0.2) is 17.1 Å². The Kier molecular flexibility index (Phi) is 6.46. The summed E-state index contributed by atoms with van der Waals surface area (Å²) in [6, 6.07) is 7.38. The van der Waals surface area contributed by atoms with E-state index in [2.05, 4.69) is 44.7 Å². The van der Waals surface area contributed by atoms with E-state index in [-0.39, 0.29) is 11.7 Å². The molecule has 4 nitrogen and oxygen atoms in total. The molecule has 2 atom stereocenters. The van der Waals surface area contributed by atoms with Gasteiger partial charge in [0.15, 0.2) is 5.17 Å². The van der Waals surface area contributed by atoms with Gasteiger partial charge in [-0.1, -0.05) is 24.6 Å². The normalized spacial score (nSPS) is 24.8. The fourth-order valence-electron chi connectivity index (χ4n) is 5.32. The van der Waals surface area contributed by atoms with Crippen molar-refractivity contribution in [2.75, 3.05) is 5.75 Å². The van der Waals surface area contributed by atoms with Crippen LogP contribution < -0.4 is 0 Å². The zero-order chi connectivity index (χ0) is 21.3. The van der Waals surface area contributed by atoms with E-state index in [1.54, 1.807) is 0 Å². The lowest BCUT2D eigenvalue weighted by molar-refractivity contribution is -0.0763. The fraction of sp³-hybridized carbons (Fsp3) is 0.680. The van der Waals surface area contributed by atoms with Crippen molar-refractivity contribution in [1.82, 2.24) is 4.90 Å². The average Bonchev–Trinajstić information content (AvgIpc) is 3.36. The highest BCUT2D eigenvalue weighted by atomic mass is 32.2. The third kappa shape index (κ3) is 4.55. The Morgan fingerprint density at radius 2 is 1.83 bits per heavy atom. The maximum absolute atomic E-state index is 9.53. The van der Waals surface area contributed by atoms with Gasteiger partial charge in [0, 0.05) is 11.8 Å².